The van der Waals surface area contributed by atoms with Gasteiger partial charge in [-0.05, 0) is 42.1 Å². The van der Waals surface area contributed by atoms with Crippen LogP contribution in [0.5, 0.6) is 0 Å². The molecule has 0 spiro atoms. The molecule has 1 atom stereocenters. The molecule has 1 unspecified atom stereocenters. The largest absolute Gasteiger partial charge is 0.134 e. The van der Waals surface area contributed by atoms with E-state index >= 15 is 0 Å². The van der Waals surface area contributed by atoms with Gasteiger partial charge >= 0.3 is 0 Å². The molecule has 17 heavy (non-hydrogen) atoms. The highest BCUT2D eigenvalue weighted by Gasteiger charge is 2.13. The van der Waals surface area contributed by atoms with Crippen molar-refractivity contribution < 1.29 is 0 Å². The summed E-state index contributed by atoms with van der Waals surface area (Å²) < 4.78 is 0. The predicted octanol–water partition coefficient (Wildman–Crippen LogP) is 4.69. The molecular weight excluding hydrogens is 223 g/mol. The van der Waals surface area contributed by atoms with Gasteiger partial charge in [-0.3, -0.25) is 0 Å². The van der Waals surface area contributed by atoms with E-state index in [1.807, 2.05) is 6.07 Å². The van der Waals surface area contributed by atoms with Gasteiger partial charge in [0.05, 0.1) is 0 Å². The Bertz CT molecular complexity index is 458. The summed E-state index contributed by atoms with van der Waals surface area (Å²) in [6, 6.07) is 18.9. The van der Waals surface area contributed by atoms with Crippen molar-refractivity contribution in [1.29, 1.82) is 0 Å². The first-order valence-electron chi connectivity index (χ1n) is 6.14. The first-order chi connectivity index (χ1) is 8.27. The van der Waals surface area contributed by atoms with Gasteiger partial charge in [0.25, 0.3) is 0 Å². The third-order valence-electron chi connectivity index (χ3n) is 2.85. The highest BCUT2D eigenvalue weighted by molar-refractivity contribution is 7.18. The van der Waals surface area contributed by atoms with Crippen molar-refractivity contribution in [3.8, 4) is 11.1 Å². The predicted molar refractivity (Wildman–Crippen MR) is 79.3 cm³/mol. The molecule has 1 aliphatic rings. The Morgan fingerprint density at radius 3 is 1.94 bits per heavy atom. The van der Waals surface area contributed by atoms with E-state index in [4.69, 9.17) is 0 Å². The van der Waals surface area contributed by atoms with Crippen molar-refractivity contribution in [3.05, 3.63) is 60.2 Å². The average molecular weight is 242 g/mol. The van der Waals surface area contributed by atoms with Crippen LogP contribution in [0.25, 0.3) is 11.1 Å². The van der Waals surface area contributed by atoms with Crippen molar-refractivity contribution in [2.75, 3.05) is 0 Å². The fraction of sp³-hybridized carbons (Fsp3) is 0.250. The second-order valence-corrected chi connectivity index (χ2v) is 5.46. The van der Waals surface area contributed by atoms with Crippen LogP contribution >= 0.6 is 9.24 Å². The van der Waals surface area contributed by atoms with E-state index in [9.17, 15) is 0 Å². The summed E-state index contributed by atoms with van der Waals surface area (Å²) in [5.74, 6) is 0. The fourth-order valence-corrected chi connectivity index (χ4v) is 1.80. The zero-order chi connectivity index (χ0) is 12.1. The normalized spacial score (nSPS) is 13.8. The minimum absolute atomic E-state index is 1.00. The Hall–Kier alpha value is -1.13. The maximum Gasteiger partial charge on any atom is -0.0155 e. The lowest BCUT2D eigenvalue weighted by atomic mass is 10.0. The smallest absolute Gasteiger partial charge is 0.0155 e. The van der Waals surface area contributed by atoms with Crippen LogP contribution in [0, 0.1) is 6.92 Å². The molecule has 0 amide bonds. The SMILES string of the molecule is Cc1ccccc1-c1ccccc1.PC1CC1. The Morgan fingerprint density at radius 1 is 0.882 bits per heavy atom. The third kappa shape index (κ3) is 3.98. The van der Waals surface area contributed by atoms with Crippen molar-refractivity contribution in [2.24, 2.45) is 0 Å². The highest BCUT2D eigenvalue weighted by Crippen LogP contribution is 2.28. The molecule has 0 N–H and O–H groups in total. The van der Waals surface area contributed by atoms with E-state index in [2.05, 4.69) is 64.7 Å². The molecular formula is C16H19P. The standard InChI is InChI=1S/C13H12.C3H7P/c1-11-7-5-6-10-13(11)12-8-3-2-4-9-12;4-3-1-2-3/h2-10H,1H3;3H,1-2,4H2. The molecule has 0 saturated heterocycles. The molecule has 2 aromatic carbocycles. The van der Waals surface area contributed by atoms with Crippen LogP contribution in [0.1, 0.15) is 18.4 Å². The topological polar surface area (TPSA) is 0 Å². The van der Waals surface area contributed by atoms with Crippen molar-refractivity contribution in [3.63, 3.8) is 0 Å². The molecule has 0 aromatic heterocycles. The van der Waals surface area contributed by atoms with Gasteiger partial charge in [0.2, 0.25) is 0 Å². The molecule has 0 bridgehead atoms. The maximum absolute atomic E-state index is 2.77. The minimum Gasteiger partial charge on any atom is -0.134 e. The Balaban J connectivity index is 0.000000228. The molecule has 0 aliphatic heterocycles. The molecule has 1 aliphatic carbocycles. The molecule has 88 valence electrons. The second-order valence-electron chi connectivity index (χ2n) is 4.52. The van der Waals surface area contributed by atoms with Crippen LogP contribution in [0.4, 0.5) is 0 Å². The van der Waals surface area contributed by atoms with Crippen LogP contribution < -0.4 is 0 Å². The van der Waals surface area contributed by atoms with Crippen LogP contribution in [0.15, 0.2) is 54.6 Å². The van der Waals surface area contributed by atoms with Crippen LogP contribution in [-0.4, -0.2) is 5.66 Å². The molecule has 2 aromatic rings. The molecule has 1 heteroatoms. The van der Waals surface area contributed by atoms with Gasteiger partial charge in [0.1, 0.15) is 0 Å². The van der Waals surface area contributed by atoms with Crippen molar-refractivity contribution in [2.45, 2.75) is 25.4 Å². The van der Waals surface area contributed by atoms with E-state index < -0.39 is 0 Å². The summed E-state index contributed by atoms with van der Waals surface area (Å²) >= 11 is 0. The summed E-state index contributed by atoms with van der Waals surface area (Å²) in [7, 11) is 2.77. The van der Waals surface area contributed by atoms with Gasteiger partial charge in [-0.25, -0.2) is 0 Å². The minimum atomic E-state index is 1.00. The molecule has 0 nitrogen and oxygen atoms in total. The van der Waals surface area contributed by atoms with Gasteiger partial charge in [-0.1, -0.05) is 54.6 Å². The van der Waals surface area contributed by atoms with E-state index in [0.29, 0.717) is 0 Å². The van der Waals surface area contributed by atoms with Crippen molar-refractivity contribution in [1.82, 2.24) is 0 Å². The van der Waals surface area contributed by atoms with E-state index in [0.717, 1.165) is 5.66 Å². The van der Waals surface area contributed by atoms with Crippen LogP contribution in [-0.2, 0) is 0 Å². The third-order valence-corrected chi connectivity index (χ3v) is 3.52. The average Bonchev–Trinajstić information content (AvgIpc) is 3.14. The van der Waals surface area contributed by atoms with Gasteiger partial charge in [-0.15, -0.1) is 9.24 Å². The summed E-state index contributed by atoms with van der Waals surface area (Å²) in [6.45, 7) is 2.14. The van der Waals surface area contributed by atoms with Gasteiger partial charge in [0, 0.05) is 0 Å². The first-order valence-corrected chi connectivity index (χ1v) is 6.80. The monoisotopic (exact) mass is 242 g/mol. The molecule has 1 fully saturated rings. The fourth-order valence-electron chi connectivity index (χ4n) is 1.61. The summed E-state index contributed by atoms with van der Waals surface area (Å²) in [4.78, 5) is 0. The van der Waals surface area contributed by atoms with Crippen LogP contribution in [0.2, 0.25) is 0 Å². The molecule has 3 rings (SSSR count). The lowest BCUT2D eigenvalue weighted by molar-refractivity contribution is 1.46. The van der Waals surface area contributed by atoms with Gasteiger partial charge in [0.15, 0.2) is 0 Å². The molecule has 0 heterocycles. The maximum atomic E-state index is 2.77. The second kappa shape index (κ2) is 5.98. The zero-order valence-corrected chi connectivity index (χ0v) is 11.4. The number of rotatable bonds is 1. The quantitative estimate of drug-likeness (QED) is 0.637. The number of aryl methyl sites for hydroxylation is 1. The number of benzene rings is 2. The van der Waals surface area contributed by atoms with Gasteiger partial charge < -0.3 is 0 Å². The van der Waals surface area contributed by atoms with E-state index in [-0.39, 0.29) is 0 Å². The Labute approximate surface area is 106 Å². The Morgan fingerprint density at radius 2 is 1.41 bits per heavy atom. The van der Waals surface area contributed by atoms with Gasteiger partial charge in [-0.2, -0.15) is 0 Å². The summed E-state index contributed by atoms with van der Waals surface area (Å²) in [6.07, 6.45) is 2.90. The Kier molecular flexibility index (Phi) is 4.34. The lowest BCUT2D eigenvalue weighted by Gasteiger charge is -2.04. The summed E-state index contributed by atoms with van der Waals surface area (Å²) in [5, 5.41) is 0. The summed E-state index contributed by atoms with van der Waals surface area (Å²) in [5.41, 5.74) is 4.94. The number of hydrogen-bond donors (Lipinski definition) is 0. The zero-order valence-electron chi connectivity index (χ0n) is 10.3. The molecule has 0 radical (unpaired) electrons. The van der Waals surface area contributed by atoms with E-state index in [1.165, 1.54) is 29.5 Å². The number of hydrogen-bond acceptors (Lipinski definition) is 0. The highest BCUT2D eigenvalue weighted by atomic mass is 31.0. The van der Waals surface area contributed by atoms with E-state index in [1.54, 1.807) is 0 Å². The van der Waals surface area contributed by atoms with Crippen molar-refractivity contribution >= 4 is 9.24 Å². The first kappa shape index (κ1) is 12.3. The lowest BCUT2D eigenvalue weighted by Crippen LogP contribution is -1.80. The molecule has 1 saturated carbocycles. The van der Waals surface area contributed by atoms with Crippen LogP contribution in [0.3, 0.4) is 0 Å².